The maximum Gasteiger partial charge on any atom is 0.224 e. The van der Waals surface area contributed by atoms with Crippen LogP contribution in [0.15, 0.2) is 24.3 Å². The van der Waals surface area contributed by atoms with Crippen LogP contribution in [0.5, 0.6) is 0 Å². The number of aliphatic hydroxyl groups excluding tert-OH is 1. The molecule has 4 bridgehead atoms. The second-order valence-electron chi connectivity index (χ2n) is 12.1. The van der Waals surface area contributed by atoms with Crippen molar-refractivity contribution in [3.8, 4) is 0 Å². The van der Waals surface area contributed by atoms with Crippen molar-refractivity contribution in [2.45, 2.75) is 70.8 Å². The molecule has 6 nitrogen and oxygen atoms in total. The molecule has 1 aliphatic heterocycles. The number of nitrogens with one attached hydrogen (secondary N) is 2. The second-order valence-corrected chi connectivity index (χ2v) is 12.1. The van der Waals surface area contributed by atoms with Crippen LogP contribution in [-0.4, -0.2) is 48.3 Å². The molecule has 1 amide bonds. The number of aryl methyl sites for hydroxylation is 1. The highest BCUT2D eigenvalue weighted by Gasteiger charge is 2.51. The summed E-state index contributed by atoms with van der Waals surface area (Å²) in [7, 11) is 0. The van der Waals surface area contributed by atoms with Crippen LogP contribution >= 0.6 is 0 Å². The Morgan fingerprint density at radius 2 is 1.86 bits per heavy atom. The molecular formula is C29H40N4O2. The first-order valence-electron chi connectivity index (χ1n) is 13.8. The summed E-state index contributed by atoms with van der Waals surface area (Å²) < 4.78 is 0. The van der Waals surface area contributed by atoms with Crippen molar-refractivity contribution in [2.75, 3.05) is 36.5 Å². The van der Waals surface area contributed by atoms with E-state index in [-0.39, 0.29) is 17.9 Å². The number of benzene rings is 1. The molecular weight excluding hydrogens is 436 g/mol. The molecule has 1 saturated heterocycles. The Hall–Kier alpha value is -2.18. The van der Waals surface area contributed by atoms with Crippen LogP contribution in [0.4, 0.5) is 11.5 Å². The molecule has 4 aliphatic carbocycles. The minimum atomic E-state index is 0.183. The van der Waals surface area contributed by atoms with Gasteiger partial charge in [-0.1, -0.05) is 6.07 Å². The molecule has 0 radical (unpaired) electrons. The Balaban J connectivity index is 1.16. The number of fused-ring (bicyclic) bond motifs is 1. The third-order valence-electron chi connectivity index (χ3n) is 9.31. The Kier molecular flexibility index (Phi) is 6.21. The summed E-state index contributed by atoms with van der Waals surface area (Å²) in [5.41, 5.74) is 3.22. The van der Waals surface area contributed by atoms with E-state index >= 15 is 0 Å². The molecule has 2 aromatic rings. The molecule has 3 N–H and O–H groups in total. The van der Waals surface area contributed by atoms with Gasteiger partial charge >= 0.3 is 0 Å². The average Bonchev–Trinajstić information content (AvgIpc) is 3.28. The van der Waals surface area contributed by atoms with Gasteiger partial charge in [-0.05, 0) is 112 Å². The van der Waals surface area contributed by atoms with Gasteiger partial charge < -0.3 is 20.6 Å². The van der Waals surface area contributed by atoms with E-state index < -0.39 is 0 Å². The predicted molar refractivity (Wildman–Crippen MR) is 141 cm³/mol. The van der Waals surface area contributed by atoms with Gasteiger partial charge in [0.1, 0.15) is 5.82 Å². The Labute approximate surface area is 208 Å². The molecule has 1 aromatic carbocycles. The second kappa shape index (κ2) is 9.36. The van der Waals surface area contributed by atoms with Crippen molar-refractivity contribution in [3.63, 3.8) is 0 Å². The summed E-state index contributed by atoms with van der Waals surface area (Å²) >= 11 is 0. The first-order valence-corrected chi connectivity index (χ1v) is 13.8. The van der Waals surface area contributed by atoms with Crippen molar-refractivity contribution in [2.24, 2.45) is 23.2 Å². The highest BCUT2D eigenvalue weighted by atomic mass is 16.3. The van der Waals surface area contributed by atoms with E-state index in [1.54, 1.807) is 0 Å². The van der Waals surface area contributed by atoms with E-state index in [0.29, 0.717) is 12.5 Å². The van der Waals surface area contributed by atoms with E-state index in [4.69, 9.17) is 10.1 Å². The molecule has 188 valence electrons. The summed E-state index contributed by atoms with van der Waals surface area (Å²) in [4.78, 5) is 20.7. The van der Waals surface area contributed by atoms with Gasteiger partial charge in [-0.25, -0.2) is 4.98 Å². The fraction of sp³-hybridized carbons (Fsp3) is 0.655. The third kappa shape index (κ3) is 4.67. The normalized spacial score (nSPS) is 31.4. The lowest BCUT2D eigenvalue weighted by molar-refractivity contribution is -0.124. The quantitative estimate of drug-likeness (QED) is 0.484. The monoisotopic (exact) mass is 476 g/mol. The minimum absolute atomic E-state index is 0.183. The molecule has 5 fully saturated rings. The number of aliphatic hydroxyl groups is 1. The van der Waals surface area contributed by atoms with Gasteiger partial charge in [-0.3, -0.25) is 4.79 Å². The van der Waals surface area contributed by atoms with Gasteiger partial charge in [-0.15, -0.1) is 0 Å². The fourth-order valence-corrected chi connectivity index (χ4v) is 8.20. The van der Waals surface area contributed by atoms with Crippen molar-refractivity contribution < 1.29 is 9.90 Å². The smallest absolute Gasteiger partial charge is 0.224 e. The van der Waals surface area contributed by atoms with Crippen molar-refractivity contribution in [1.82, 2.24) is 10.3 Å². The standard InChI is InChI=1S/C29H40N4O2/c1-19-3-5-25-24(4-6-26(31-25)33-9-7-23(18-33)30-8-2-10-34)28(19)32-27(35)17-29-14-20-11-21(15-29)13-22(12-20)16-29/h3-6,20-23,30,34H,2,7-18H2,1H3,(H,32,35)/t20?,21?,22?,23-,29?/m0/s1. The lowest BCUT2D eigenvalue weighted by atomic mass is 9.49. The maximum absolute atomic E-state index is 13.4. The molecule has 0 unspecified atom stereocenters. The zero-order valence-electron chi connectivity index (χ0n) is 21.1. The number of carbonyl (C=O) groups is 1. The van der Waals surface area contributed by atoms with E-state index in [2.05, 4.69) is 46.7 Å². The van der Waals surface area contributed by atoms with Gasteiger partial charge in [0.05, 0.1) is 11.2 Å². The van der Waals surface area contributed by atoms with Crippen LogP contribution in [0.25, 0.3) is 10.9 Å². The highest BCUT2D eigenvalue weighted by molar-refractivity contribution is 6.02. The highest BCUT2D eigenvalue weighted by Crippen LogP contribution is 2.61. The number of hydrogen-bond acceptors (Lipinski definition) is 5. The van der Waals surface area contributed by atoms with E-state index in [1.165, 1.54) is 38.5 Å². The van der Waals surface area contributed by atoms with Gasteiger partial charge in [0, 0.05) is 37.5 Å². The molecule has 2 heterocycles. The number of aromatic nitrogens is 1. The maximum atomic E-state index is 13.4. The summed E-state index contributed by atoms with van der Waals surface area (Å²) in [5, 5.41) is 16.9. The topological polar surface area (TPSA) is 77.5 Å². The van der Waals surface area contributed by atoms with Crippen LogP contribution in [0.1, 0.15) is 63.4 Å². The number of amides is 1. The number of anilines is 2. The van der Waals surface area contributed by atoms with E-state index in [0.717, 1.165) is 78.2 Å². The Morgan fingerprint density at radius 3 is 2.57 bits per heavy atom. The molecule has 4 saturated carbocycles. The molecule has 0 spiro atoms. The average molecular weight is 477 g/mol. The minimum Gasteiger partial charge on any atom is -0.396 e. The SMILES string of the molecule is Cc1ccc2nc(N3CC[C@H](NCCCO)C3)ccc2c1NC(=O)CC12CC3CC(CC(C3)C1)C2. The number of rotatable bonds is 8. The molecule has 35 heavy (non-hydrogen) atoms. The van der Waals surface area contributed by atoms with Gasteiger partial charge in [0.2, 0.25) is 5.91 Å². The van der Waals surface area contributed by atoms with Crippen molar-refractivity contribution in [1.29, 1.82) is 0 Å². The van der Waals surface area contributed by atoms with Crippen LogP contribution in [0.2, 0.25) is 0 Å². The fourth-order valence-electron chi connectivity index (χ4n) is 8.20. The summed E-state index contributed by atoms with van der Waals surface area (Å²) in [6.45, 7) is 5.08. The lowest BCUT2D eigenvalue weighted by Crippen LogP contribution is -2.47. The summed E-state index contributed by atoms with van der Waals surface area (Å²) in [6.07, 6.45) is 10.6. The number of nitrogens with zero attached hydrogens (tertiary/aromatic N) is 2. The summed E-state index contributed by atoms with van der Waals surface area (Å²) in [5.74, 6) is 3.78. The van der Waals surface area contributed by atoms with E-state index in [9.17, 15) is 4.79 Å². The molecule has 1 aromatic heterocycles. The van der Waals surface area contributed by atoms with Crippen LogP contribution in [-0.2, 0) is 4.79 Å². The van der Waals surface area contributed by atoms with Crippen molar-refractivity contribution in [3.05, 3.63) is 29.8 Å². The largest absolute Gasteiger partial charge is 0.396 e. The zero-order chi connectivity index (χ0) is 24.0. The number of carbonyl (C=O) groups excluding carboxylic acids is 1. The lowest BCUT2D eigenvalue weighted by Gasteiger charge is -2.56. The molecule has 5 aliphatic rings. The van der Waals surface area contributed by atoms with Crippen LogP contribution < -0.4 is 15.5 Å². The van der Waals surface area contributed by atoms with Gasteiger partial charge in [-0.2, -0.15) is 0 Å². The number of hydrogen-bond donors (Lipinski definition) is 3. The van der Waals surface area contributed by atoms with Crippen LogP contribution in [0.3, 0.4) is 0 Å². The zero-order valence-corrected chi connectivity index (χ0v) is 21.1. The predicted octanol–water partition coefficient (Wildman–Crippen LogP) is 4.64. The molecule has 6 heteroatoms. The van der Waals surface area contributed by atoms with Gasteiger partial charge in [0.15, 0.2) is 0 Å². The molecule has 1 atom stereocenters. The van der Waals surface area contributed by atoms with Gasteiger partial charge in [0.25, 0.3) is 0 Å². The Morgan fingerprint density at radius 1 is 1.11 bits per heavy atom. The molecule has 7 rings (SSSR count). The summed E-state index contributed by atoms with van der Waals surface area (Å²) in [6, 6.07) is 8.85. The number of pyridine rings is 1. The van der Waals surface area contributed by atoms with Crippen molar-refractivity contribution >= 4 is 28.3 Å². The Bertz CT molecular complexity index is 1060. The van der Waals surface area contributed by atoms with Crippen LogP contribution in [0, 0.1) is 30.1 Å². The first-order chi connectivity index (χ1) is 17.0. The first kappa shape index (κ1) is 23.2. The van der Waals surface area contributed by atoms with E-state index in [1.807, 2.05) is 0 Å². The third-order valence-corrected chi connectivity index (χ3v) is 9.31.